The van der Waals surface area contributed by atoms with Gasteiger partial charge < -0.3 is 9.84 Å². The molecule has 33 heavy (non-hydrogen) atoms. The maximum Gasteiger partial charge on any atom is 0.301 e. The van der Waals surface area contributed by atoms with Gasteiger partial charge in [0.15, 0.2) is 5.13 Å². The summed E-state index contributed by atoms with van der Waals surface area (Å²) in [5.41, 5.74) is 1.10. The highest BCUT2D eigenvalue weighted by Crippen LogP contribution is 2.45. The zero-order chi connectivity index (χ0) is 23.1. The molecule has 9 heteroatoms. The average molecular weight is 497 g/mol. The number of thiazole rings is 1. The number of amides is 1. The van der Waals surface area contributed by atoms with E-state index in [1.165, 1.54) is 27.6 Å². The minimum absolute atomic E-state index is 0.0217. The molecule has 1 aliphatic rings. The molecular formula is C24H17ClN2O4S2. The van der Waals surface area contributed by atoms with Crippen LogP contribution in [-0.4, -0.2) is 28.4 Å². The normalized spacial score (nSPS) is 17.8. The van der Waals surface area contributed by atoms with Gasteiger partial charge in [0.25, 0.3) is 5.78 Å². The van der Waals surface area contributed by atoms with Crippen molar-refractivity contribution in [3.05, 3.63) is 81.0 Å². The number of carbonyl (C=O) groups excluding carboxylic acids is 2. The summed E-state index contributed by atoms with van der Waals surface area (Å²) in [4.78, 5) is 33.1. The second kappa shape index (κ2) is 8.62. The number of anilines is 1. The van der Waals surface area contributed by atoms with Gasteiger partial charge in [0.1, 0.15) is 17.6 Å². The lowest BCUT2D eigenvalue weighted by molar-refractivity contribution is -0.132. The molecule has 6 nitrogen and oxygen atoms in total. The van der Waals surface area contributed by atoms with Crippen LogP contribution >= 0.6 is 34.3 Å². The number of carbonyl (C=O) groups is 2. The van der Waals surface area contributed by atoms with Crippen LogP contribution < -0.4 is 9.64 Å². The molecule has 4 aromatic rings. The smallest absolute Gasteiger partial charge is 0.301 e. The number of aliphatic hydroxyl groups excluding tert-OH is 1. The fraction of sp³-hybridized carbons (Fsp3) is 0.125. The first-order chi connectivity index (χ1) is 16.0. The van der Waals surface area contributed by atoms with Crippen molar-refractivity contribution in [3.8, 4) is 5.75 Å². The first-order valence-electron chi connectivity index (χ1n) is 10.1. The predicted molar refractivity (Wildman–Crippen MR) is 131 cm³/mol. The molecule has 1 N–H and O–H groups in total. The molecule has 1 fully saturated rings. The van der Waals surface area contributed by atoms with E-state index < -0.39 is 17.7 Å². The molecule has 1 unspecified atom stereocenters. The van der Waals surface area contributed by atoms with E-state index in [-0.39, 0.29) is 11.3 Å². The van der Waals surface area contributed by atoms with E-state index in [9.17, 15) is 14.7 Å². The molecule has 0 spiro atoms. The van der Waals surface area contributed by atoms with Gasteiger partial charge >= 0.3 is 5.91 Å². The predicted octanol–water partition coefficient (Wildman–Crippen LogP) is 6.04. The average Bonchev–Trinajstić information content (AvgIpc) is 3.52. The Morgan fingerprint density at radius 1 is 1.18 bits per heavy atom. The molecule has 2 aromatic heterocycles. The second-order valence-corrected chi connectivity index (χ2v) is 9.68. The van der Waals surface area contributed by atoms with Gasteiger partial charge in [-0.05, 0) is 48.7 Å². The number of thiophene rings is 1. The number of halogens is 1. The number of Topliss-reactive ketones (excluding diaryl/α,β-unsaturated/α-hetero) is 1. The van der Waals surface area contributed by atoms with Gasteiger partial charge in [-0.2, -0.15) is 0 Å². The van der Waals surface area contributed by atoms with Crippen molar-refractivity contribution in [1.82, 2.24) is 4.98 Å². The van der Waals surface area contributed by atoms with Crippen molar-refractivity contribution in [2.45, 2.75) is 13.0 Å². The number of ketones is 1. The Hall–Kier alpha value is -3.20. The van der Waals surface area contributed by atoms with Crippen LogP contribution in [0.1, 0.15) is 23.4 Å². The van der Waals surface area contributed by atoms with Gasteiger partial charge in [0, 0.05) is 15.5 Å². The van der Waals surface area contributed by atoms with E-state index >= 15 is 0 Å². The van der Waals surface area contributed by atoms with E-state index in [0.717, 1.165) is 9.58 Å². The molecule has 0 bridgehead atoms. The summed E-state index contributed by atoms with van der Waals surface area (Å²) in [6.45, 7) is 2.32. The largest absolute Gasteiger partial charge is 0.507 e. The summed E-state index contributed by atoms with van der Waals surface area (Å²) >= 11 is 8.78. The summed E-state index contributed by atoms with van der Waals surface area (Å²) in [5, 5.41) is 14.0. The number of hydrogen-bond donors (Lipinski definition) is 1. The van der Waals surface area contributed by atoms with Crippen molar-refractivity contribution in [1.29, 1.82) is 0 Å². The molecule has 1 atom stereocenters. The molecular weight excluding hydrogens is 480 g/mol. The molecule has 1 aliphatic heterocycles. The molecule has 0 aliphatic carbocycles. The number of benzene rings is 2. The van der Waals surface area contributed by atoms with Gasteiger partial charge in [-0.3, -0.25) is 14.5 Å². The third-order valence-electron chi connectivity index (χ3n) is 5.22. The fourth-order valence-corrected chi connectivity index (χ4v) is 5.88. The first-order valence-corrected chi connectivity index (χ1v) is 12.2. The van der Waals surface area contributed by atoms with Crippen molar-refractivity contribution < 1.29 is 19.4 Å². The number of rotatable bonds is 5. The number of aliphatic hydroxyl groups is 1. The Bertz CT molecular complexity index is 1410. The lowest BCUT2D eigenvalue weighted by atomic mass is 10.00. The number of aromatic nitrogens is 1. The van der Waals surface area contributed by atoms with Crippen molar-refractivity contribution in [2.24, 2.45) is 0 Å². The third-order valence-corrected chi connectivity index (χ3v) is 7.40. The van der Waals surface area contributed by atoms with Gasteiger partial charge in [-0.25, -0.2) is 4.98 Å². The Labute approximate surface area is 202 Å². The summed E-state index contributed by atoms with van der Waals surface area (Å²) in [6.07, 6.45) is 0. The highest BCUT2D eigenvalue weighted by molar-refractivity contribution is 7.22. The molecule has 1 amide bonds. The van der Waals surface area contributed by atoms with E-state index in [2.05, 4.69) is 4.98 Å². The van der Waals surface area contributed by atoms with Crippen LogP contribution in [0.3, 0.4) is 0 Å². The van der Waals surface area contributed by atoms with Crippen molar-refractivity contribution in [2.75, 3.05) is 11.5 Å². The molecule has 1 saturated heterocycles. The molecule has 5 rings (SSSR count). The van der Waals surface area contributed by atoms with Crippen molar-refractivity contribution in [3.63, 3.8) is 0 Å². The summed E-state index contributed by atoms with van der Waals surface area (Å²) < 4.78 is 6.33. The standard InChI is InChI=1S/C24H17ClN2O4S2/c1-2-31-15-6-3-5-13(11-15)21(28)19-20(17-7-4-10-32-17)27(23(30)22(19)29)24-26-16-9-8-14(25)12-18(16)33-24/h3-12,20,28H,2H2,1H3. The number of ether oxygens (including phenoxy) is 1. The van der Waals surface area contributed by atoms with Crippen LogP contribution in [0, 0.1) is 0 Å². The van der Waals surface area contributed by atoms with Gasteiger partial charge in [-0.1, -0.05) is 41.1 Å². The van der Waals surface area contributed by atoms with Crippen molar-refractivity contribution >= 4 is 67.1 Å². The van der Waals surface area contributed by atoms with Gasteiger partial charge in [0.2, 0.25) is 0 Å². The van der Waals surface area contributed by atoms with Crippen LogP contribution in [0.25, 0.3) is 16.0 Å². The zero-order valence-electron chi connectivity index (χ0n) is 17.3. The zero-order valence-corrected chi connectivity index (χ0v) is 19.7. The van der Waals surface area contributed by atoms with E-state index in [0.29, 0.717) is 33.6 Å². The topological polar surface area (TPSA) is 79.7 Å². The highest BCUT2D eigenvalue weighted by atomic mass is 35.5. The first kappa shape index (κ1) is 21.6. The maximum atomic E-state index is 13.2. The van der Waals surface area contributed by atoms with Crippen LogP contribution in [-0.2, 0) is 9.59 Å². The number of fused-ring (bicyclic) bond motifs is 1. The molecule has 0 radical (unpaired) electrons. The molecule has 166 valence electrons. The Kier molecular flexibility index (Phi) is 5.65. The Morgan fingerprint density at radius 3 is 2.79 bits per heavy atom. The van der Waals surface area contributed by atoms with Crippen LogP contribution in [0.2, 0.25) is 5.02 Å². The minimum Gasteiger partial charge on any atom is -0.507 e. The van der Waals surface area contributed by atoms with Crippen LogP contribution in [0.4, 0.5) is 5.13 Å². The van der Waals surface area contributed by atoms with Crippen LogP contribution in [0.15, 0.2) is 65.6 Å². The lowest BCUT2D eigenvalue weighted by Crippen LogP contribution is -2.28. The number of hydrogen-bond acceptors (Lipinski definition) is 7. The quantitative estimate of drug-likeness (QED) is 0.207. The Balaban J connectivity index is 1.68. The SMILES string of the molecule is CCOc1cccc(C(O)=C2C(=O)C(=O)N(c3nc4ccc(Cl)cc4s3)C2c2cccs2)c1. The monoisotopic (exact) mass is 496 g/mol. The third kappa shape index (κ3) is 3.80. The highest BCUT2D eigenvalue weighted by Gasteiger charge is 2.48. The summed E-state index contributed by atoms with van der Waals surface area (Å²) in [5.74, 6) is -1.18. The van der Waals surface area contributed by atoms with E-state index in [4.69, 9.17) is 16.3 Å². The van der Waals surface area contributed by atoms with Gasteiger partial charge in [0.05, 0.1) is 22.4 Å². The van der Waals surface area contributed by atoms with E-state index in [1.807, 2.05) is 24.4 Å². The molecule has 2 aromatic carbocycles. The fourth-order valence-electron chi connectivity index (χ4n) is 3.79. The number of nitrogens with zero attached hydrogens (tertiary/aromatic N) is 2. The summed E-state index contributed by atoms with van der Waals surface area (Å²) in [6, 6.07) is 15.0. The molecule has 0 saturated carbocycles. The van der Waals surface area contributed by atoms with E-state index in [1.54, 1.807) is 42.5 Å². The van der Waals surface area contributed by atoms with Crippen LogP contribution in [0.5, 0.6) is 5.75 Å². The molecule has 3 heterocycles. The summed E-state index contributed by atoms with van der Waals surface area (Å²) in [7, 11) is 0. The lowest BCUT2D eigenvalue weighted by Gasteiger charge is -2.21. The second-order valence-electron chi connectivity index (χ2n) is 7.25. The Morgan fingerprint density at radius 2 is 2.03 bits per heavy atom. The van der Waals surface area contributed by atoms with Gasteiger partial charge in [-0.15, -0.1) is 11.3 Å². The maximum absolute atomic E-state index is 13.2. The minimum atomic E-state index is -0.795.